The lowest BCUT2D eigenvalue weighted by Crippen LogP contribution is -2.42. The van der Waals surface area contributed by atoms with E-state index in [2.05, 4.69) is 4.90 Å². The molecule has 4 heteroatoms. The highest BCUT2D eigenvalue weighted by Crippen LogP contribution is 2.15. The maximum absolute atomic E-state index is 11.1. The molecule has 0 aromatic heterocycles. The van der Waals surface area contributed by atoms with Crippen LogP contribution < -0.4 is 0 Å². The number of rotatable bonds is 4. The van der Waals surface area contributed by atoms with E-state index in [1.165, 1.54) is 5.75 Å². The van der Waals surface area contributed by atoms with Crippen LogP contribution in [-0.2, 0) is 4.79 Å². The molecule has 0 aromatic carbocycles. The van der Waals surface area contributed by atoms with Crippen molar-refractivity contribution in [2.75, 3.05) is 24.6 Å². The predicted molar refractivity (Wildman–Crippen MR) is 59.8 cm³/mol. The van der Waals surface area contributed by atoms with Gasteiger partial charge in [0.25, 0.3) is 0 Å². The van der Waals surface area contributed by atoms with Gasteiger partial charge in [-0.15, -0.1) is 0 Å². The number of thioether (sulfide) groups is 1. The van der Waals surface area contributed by atoms with Gasteiger partial charge in [-0.3, -0.25) is 9.69 Å². The first-order chi connectivity index (χ1) is 6.75. The van der Waals surface area contributed by atoms with Gasteiger partial charge in [0, 0.05) is 12.3 Å². The second kappa shape index (κ2) is 6.30. The molecule has 0 bridgehead atoms. The molecule has 1 atom stereocenters. The summed E-state index contributed by atoms with van der Waals surface area (Å²) in [6.07, 6.45) is 2.85. The van der Waals surface area contributed by atoms with E-state index in [9.17, 15) is 4.79 Å². The Morgan fingerprint density at radius 2 is 2.29 bits per heavy atom. The largest absolute Gasteiger partial charge is 0.480 e. The number of nitrogens with zero attached hydrogens (tertiary/aromatic N) is 1. The van der Waals surface area contributed by atoms with Crippen LogP contribution in [0.4, 0.5) is 0 Å². The van der Waals surface area contributed by atoms with Crippen molar-refractivity contribution in [3.05, 3.63) is 0 Å². The third-order valence-corrected chi connectivity index (χ3v) is 3.59. The van der Waals surface area contributed by atoms with E-state index in [0.717, 1.165) is 38.1 Å². The molecule has 1 unspecified atom stereocenters. The summed E-state index contributed by atoms with van der Waals surface area (Å²) in [7, 11) is 0. The van der Waals surface area contributed by atoms with Crippen LogP contribution in [0, 0.1) is 0 Å². The summed E-state index contributed by atoms with van der Waals surface area (Å²) in [5.41, 5.74) is 0. The highest BCUT2D eigenvalue weighted by atomic mass is 32.2. The van der Waals surface area contributed by atoms with E-state index >= 15 is 0 Å². The fourth-order valence-electron chi connectivity index (χ4n) is 1.81. The van der Waals surface area contributed by atoms with Crippen LogP contribution >= 0.6 is 11.8 Å². The molecule has 3 nitrogen and oxygen atoms in total. The zero-order chi connectivity index (χ0) is 10.4. The molecule has 1 N–H and O–H groups in total. The number of aliphatic carboxylic acids is 1. The number of carbonyl (C=O) groups is 1. The fourth-order valence-corrected chi connectivity index (χ4v) is 2.71. The normalized spacial score (nSPS) is 21.5. The molecule has 1 saturated heterocycles. The van der Waals surface area contributed by atoms with Crippen molar-refractivity contribution in [1.82, 2.24) is 4.90 Å². The molecule has 1 rings (SSSR count). The van der Waals surface area contributed by atoms with Crippen LogP contribution in [0.5, 0.6) is 0 Å². The van der Waals surface area contributed by atoms with Gasteiger partial charge in [-0.05, 0) is 25.1 Å². The monoisotopic (exact) mass is 217 g/mol. The van der Waals surface area contributed by atoms with Gasteiger partial charge in [-0.25, -0.2) is 0 Å². The average Bonchev–Trinajstić information content (AvgIpc) is 2.41. The Bertz CT molecular complexity index is 179. The van der Waals surface area contributed by atoms with E-state index in [-0.39, 0.29) is 6.04 Å². The molecule has 1 fully saturated rings. The van der Waals surface area contributed by atoms with Gasteiger partial charge >= 0.3 is 5.97 Å². The molecule has 82 valence electrons. The molecule has 0 spiro atoms. The Hall–Kier alpha value is -0.220. The van der Waals surface area contributed by atoms with Crippen molar-refractivity contribution in [1.29, 1.82) is 0 Å². The summed E-state index contributed by atoms with van der Waals surface area (Å²) < 4.78 is 0. The Labute approximate surface area is 89.9 Å². The number of hydrogen-bond acceptors (Lipinski definition) is 3. The quantitative estimate of drug-likeness (QED) is 0.778. The van der Waals surface area contributed by atoms with Crippen LogP contribution in [0.3, 0.4) is 0 Å². The average molecular weight is 217 g/mol. The van der Waals surface area contributed by atoms with E-state index in [1.807, 2.05) is 18.7 Å². The summed E-state index contributed by atoms with van der Waals surface area (Å²) in [4.78, 5) is 13.2. The van der Waals surface area contributed by atoms with Gasteiger partial charge in [-0.1, -0.05) is 13.3 Å². The third kappa shape index (κ3) is 3.50. The first-order valence-corrected chi connectivity index (χ1v) is 6.45. The zero-order valence-electron chi connectivity index (χ0n) is 8.74. The van der Waals surface area contributed by atoms with Crippen LogP contribution in [-0.4, -0.2) is 46.6 Å². The molecule has 14 heavy (non-hydrogen) atoms. The number of carboxylic acids is 1. The van der Waals surface area contributed by atoms with Gasteiger partial charge in [0.2, 0.25) is 0 Å². The number of carboxylic acid groups (broad SMARTS) is 1. The van der Waals surface area contributed by atoms with Crippen molar-refractivity contribution >= 4 is 17.7 Å². The molecular formula is C10H19NO2S. The van der Waals surface area contributed by atoms with Gasteiger partial charge in [0.15, 0.2) is 0 Å². The standard InChI is InChI=1S/C10H19NO2S/c1-2-4-9(10(12)13)11-5-3-7-14-8-6-11/h9H,2-8H2,1H3,(H,12,13). The van der Waals surface area contributed by atoms with Crippen molar-refractivity contribution < 1.29 is 9.90 Å². The smallest absolute Gasteiger partial charge is 0.320 e. The SMILES string of the molecule is CCCC(C(=O)O)N1CCCSCC1. The van der Waals surface area contributed by atoms with Gasteiger partial charge < -0.3 is 5.11 Å². The van der Waals surface area contributed by atoms with E-state index in [0.29, 0.717) is 0 Å². The minimum Gasteiger partial charge on any atom is -0.480 e. The fraction of sp³-hybridized carbons (Fsp3) is 0.900. The summed E-state index contributed by atoms with van der Waals surface area (Å²) in [5, 5.41) is 9.10. The summed E-state index contributed by atoms with van der Waals surface area (Å²) in [5.74, 6) is 1.60. The van der Waals surface area contributed by atoms with Gasteiger partial charge in [0.05, 0.1) is 0 Å². The first kappa shape index (κ1) is 11.9. The van der Waals surface area contributed by atoms with Crippen LogP contribution in [0.1, 0.15) is 26.2 Å². The van der Waals surface area contributed by atoms with Crippen molar-refractivity contribution in [3.63, 3.8) is 0 Å². The molecule has 0 aromatic rings. The van der Waals surface area contributed by atoms with Gasteiger partial charge in [-0.2, -0.15) is 11.8 Å². The molecular weight excluding hydrogens is 198 g/mol. The predicted octanol–water partition coefficient (Wildman–Crippen LogP) is 1.68. The molecule has 1 heterocycles. The van der Waals surface area contributed by atoms with E-state index < -0.39 is 5.97 Å². The maximum atomic E-state index is 11.1. The first-order valence-electron chi connectivity index (χ1n) is 5.30. The van der Waals surface area contributed by atoms with Crippen LogP contribution in [0.25, 0.3) is 0 Å². The van der Waals surface area contributed by atoms with Crippen molar-refractivity contribution in [2.24, 2.45) is 0 Å². The zero-order valence-corrected chi connectivity index (χ0v) is 9.55. The Kier molecular flexibility index (Phi) is 5.33. The Morgan fingerprint density at radius 1 is 1.50 bits per heavy atom. The summed E-state index contributed by atoms with van der Waals surface area (Å²) >= 11 is 1.93. The second-order valence-electron chi connectivity index (χ2n) is 3.64. The van der Waals surface area contributed by atoms with Crippen molar-refractivity contribution in [3.8, 4) is 0 Å². The molecule has 1 aliphatic rings. The molecule has 0 aliphatic carbocycles. The molecule has 0 radical (unpaired) electrons. The third-order valence-electron chi connectivity index (χ3n) is 2.54. The molecule has 1 aliphatic heterocycles. The summed E-state index contributed by atoms with van der Waals surface area (Å²) in [6.45, 7) is 3.92. The lowest BCUT2D eigenvalue weighted by Gasteiger charge is -2.26. The highest BCUT2D eigenvalue weighted by Gasteiger charge is 2.24. The lowest BCUT2D eigenvalue weighted by atomic mass is 10.1. The lowest BCUT2D eigenvalue weighted by molar-refractivity contribution is -0.143. The van der Waals surface area contributed by atoms with E-state index in [1.54, 1.807) is 0 Å². The van der Waals surface area contributed by atoms with Crippen LogP contribution in [0.2, 0.25) is 0 Å². The Balaban J connectivity index is 2.51. The highest BCUT2D eigenvalue weighted by molar-refractivity contribution is 7.99. The van der Waals surface area contributed by atoms with Crippen LogP contribution in [0.15, 0.2) is 0 Å². The van der Waals surface area contributed by atoms with E-state index in [4.69, 9.17) is 5.11 Å². The summed E-state index contributed by atoms with van der Waals surface area (Å²) in [6, 6.07) is -0.251. The topological polar surface area (TPSA) is 40.5 Å². The van der Waals surface area contributed by atoms with Gasteiger partial charge in [0.1, 0.15) is 6.04 Å². The van der Waals surface area contributed by atoms with Crippen molar-refractivity contribution in [2.45, 2.75) is 32.2 Å². The minimum absolute atomic E-state index is 0.251. The maximum Gasteiger partial charge on any atom is 0.320 e. The molecule has 0 amide bonds. The molecule has 0 saturated carbocycles. The minimum atomic E-state index is -0.654. The second-order valence-corrected chi connectivity index (χ2v) is 4.87. The Morgan fingerprint density at radius 3 is 2.93 bits per heavy atom. The number of hydrogen-bond donors (Lipinski definition) is 1.